The number of nitrogens with one attached hydrogen (secondary N) is 1. The molecule has 2 aromatic rings. The Hall–Kier alpha value is -1.88. The Bertz CT molecular complexity index is 578. The fraction of sp³-hybridized carbons (Fsp3) is 0.500. The Morgan fingerprint density at radius 1 is 1.48 bits per heavy atom. The number of carbonyl (C=O) groups is 1. The molecule has 0 bridgehead atoms. The Morgan fingerprint density at radius 3 is 2.86 bits per heavy atom. The molecule has 0 saturated carbocycles. The molecule has 0 aromatic carbocycles. The minimum absolute atomic E-state index is 0.00855. The number of rotatable bonds is 5. The van der Waals surface area contributed by atoms with Gasteiger partial charge in [0, 0.05) is 37.6 Å². The Balaban J connectivity index is 0.00000106. The third-order valence-corrected chi connectivity index (χ3v) is 3.24. The summed E-state index contributed by atoms with van der Waals surface area (Å²) >= 11 is 0. The lowest BCUT2D eigenvalue weighted by Crippen LogP contribution is -2.33. The van der Waals surface area contributed by atoms with Gasteiger partial charge in [0.15, 0.2) is 0 Å². The molecule has 2 rings (SSSR count). The van der Waals surface area contributed by atoms with Crippen LogP contribution in [0.1, 0.15) is 32.4 Å². The average molecular weight is 291 g/mol. The van der Waals surface area contributed by atoms with Crippen molar-refractivity contribution >= 4 is 16.8 Å². The van der Waals surface area contributed by atoms with Crippen molar-refractivity contribution in [1.29, 1.82) is 0 Å². The third kappa shape index (κ3) is 4.04. The average Bonchev–Trinajstić information content (AvgIpc) is 2.86. The van der Waals surface area contributed by atoms with E-state index in [1.165, 1.54) is 0 Å². The summed E-state index contributed by atoms with van der Waals surface area (Å²) in [7, 11) is 1.62. The van der Waals surface area contributed by atoms with Crippen LogP contribution in [-0.2, 0) is 9.53 Å². The zero-order valence-corrected chi connectivity index (χ0v) is 13.5. The minimum Gasteiger partial charge on any atom is -0.383 e. The van der Waals surface area contributed by atoms with Crippen molar-refractivity contribution in [2.45, 2.75) is 33.7 Å². The summed E-state index contributed by atoms with van der Waals surface area (Å²) in [5.41, 5.74) is 2.15. The number of aromatic nitrogens is 2. The number of pyridine rings is 1. The summed E-state index contributed by atoms with van der Waals surface area (Å²) < 4.78 is 6.90. The lowest BCUT2D eigenvalue weighted by molar-refractivity contribution is -0.123. The van der Waals surface area contributed by atoms with Crippen LogP contribution in [0, 0.1) is 6.92 Å². The molecule has 1 amide bonds. The highest BCUT2D eigenvalue weighted by molar-refractivity contribution is 5.87. The number of fused-ring (bicyclic) bond motifs is 1. The number of amides is 1. The maximum Gasteiger partial charge on any atom is 0.242 e. The zero-order chi connectivity index (χ0) is 15.8. The highest BCUT2D eigenvalue weighted by atomic mass is 16.5. The van der Waals surface area contributed by atoms with Gasteiger partial charge in [0.2, 0.25) is 5.91 Å². The zero-order valence-electron chi connectivity index (χ0n) is 13.5. The topological polar surface area (TPSA) is 56.1 Å². The smallest absolute Gasteiger partial charge is 0.242 e. The van der Waals surface area contributed by atoms with E-state index in [4.69, 9.17) is 4.74 Å². The molecule has 0 unspecified atom stereocenters. The minimum atomic E-state index is -0.254. The van der Waals surface area contributed by atoms with E-state index < -0.39 is 0 Å². The van der Waals surface area contributed by atoms with Crippen LogP contribution in [0.5, 0.6) is 0 Å². The quantitative estimate of drug-likeness (QED) is 0.862. The van der Waals surface area contributed by atoms with Gasteiger partial charge in [-0.3, -0.25) is 9.78 Å². The maximum atomic E-state index is 12.1. The van der Waals surface area contributed by atoms with Gasteiger partial charge in [-0.05, 0) is 25.5 Å². The molecule has 0 aliphatic carbocycles. The van der Waals surface area contributed by atoms with Crippen LogP contribution in [0.4, 0.5) is 0 Å². The van der Waals surface area contributed by atoms with Crippen LogP contribution in [0.25, 0.3) is 10.9 Å². The molecular weight excluding hydrogens is 266 g/mol. The van der Waals surface area contributed by atoms with E-state index >= 15 is 0 Å². The second kappa shape index (κ2) is 8.42. The van der Waals surface area contributed by atoms with Gasteiger partial charge in [0.25, 0.3) is 0 Å². The van der Waals surface area contributed by atoms with Gasteiger partial charge in [-0.2, -0.15) is 0 Å². The molecule has 0 spiro atoms. The molecule has 0 fully saturated rings. The van der Waals surface area contributed by atoms with Crippen LogP contribution in [0.15, 0.2) is 24.7 Å². The lowest BCUT2D eigenvalue weighted by atomic mass is 10.2. The predicted octanol–water partition coefficient (Wildman–Crippen LogP) is 2.69. The van der Waals surface area contributed by atoms with E-state index in [-0.39, 0.29) is 11.9 Å². The van der Waals surface area contributed by atoms with Crippen LogP contribution in [-0.4, -0.2) is 35.7 Å². The number of nitrogens with zero attached hydrogens (tertiary/aromatic N) is 2. The van der Waals surface area contributed by atoms with Crippen LogP contribution < -0.4 is 5.32 Å². The second-order valence-corrected chi connectivity index (χ2v) is 4.57. The van der Waals surface area contributed by atoms with Crippen LogP contribution in [0.3, 0.4) is 0 Å². The molecular formula is C16H25N3O2. The fourth-order valence-electron chi connectivity index (χ4n) is 2.13. The van der Waals surface area contributed by atoms with Crippen molar-refractivity contribution in [3.63, 3.8) is 0 Å². The van der Waals surface area contributed by atoms with Gasteiger partial charge in [0.1, 0.15) is 6.04 Å². The monoisotopic (exact) mass is 291 g/mol. The first-order chi connectivity index (χ1) is 10.1. The molecule has 5 nitrogen and oxygen atoms in total. The van der Waals surface area contributed by atoms with Crippen molar-refractivity contribution in [3.8, 4) is 0 Å². The number of carbonyl (C=O) groups excluding carboxylic acids is 1. The van der Waals surface area contributed by atoms with Crippen molar-refractivity contribution in [3.05, 3.63) is 30.2 Å². The first kappa shape index (κ1) is 17.2. The Kier molecular flexibility index (Phi) is 6.88. The molecule has 1 atom stereocenters. The second-order valence-electron chi connectivity index (χ2n) is 4.57. The normalized spacial score (nSPS) is 11.7. The largest absolute Gasteiger partial charge is 0.383 e. The van der Waals surface area contributed by atoms with E-state index in [1.807, 2.05) is 50.7 Å². The summed E-state index contributed by atoms with van der Waals surface area (Å²) in [5, 5.41) is 3.94. The van der Waals surface area contributed by atoms with Crippen molar-refractivity contribution in [2.75, 3.05) is 20.3 Å². The number of aryl methyl sites for hydroxylation is 1. The number of methoxy groups -OCH3 is 1. The highest BCUT2D eigenvalue weighted by Crippen LogP contribution is 2.23. The van der Waals surface area contributed by atoms with Gasteiger partial charge < -0.3 is 14.6 Å². The summed E-state index contributed by atoms with van der Waals surface area (Å²) in [5.74, 6) is -0.00855. The van der Waals surface area contributed by atoms with E-state index in [9.17, 15) is 4.79 Å². The molecule has 5 heteroatoms. The van der Waals surface area contributed by atoms with E-state index in [1.54, 1.807) is 13.3 Å². The molecule has 0 aliphatic rings. The van der Waals surface area contributed by atoms with Gasteiger partial charge in [0.05, 0.1) is 12.1 Å². The first-order valence-electron chi connectivity index (χ1n) is 7.33. The Labute approximate surface area is 126 Å². The van der Waals surface area contributed by atoms with Crippen molar-refractivity contribution < 1.29 is 9.53 Å². The maximum absolute atomic E-state index is 12.1. The van der Waals surface area contributed by atoms with Gasteiger partial charge >= 0.3 is 0 Å². The fourth-order valence-corrected chi connectivity index (χ4v) is 2.13. The molecule has 21 heavy (non-hydrogen) atoms. The molecule has 116 valence electrons. The van der Waals surface area contributed by atoms with Crippen LogP contribution in [0.2, 0.25) is 0 Å². The highest BCUT2D eigenvalue weighted by Gasteiger charge is 2.17. The summed E-state index contributed by atoms with van der Waals surface area (Å²) in [4.78, 5) is 16.2. The van der Waals surface area contributed by atoms with Gasteiger partial charge in [-0.15, -0.1) is 0 Å². The van der Waals surface area contributed by atoms with Crippen molar-refractivity contribution in [1.82, 2.24) is 14.9 Å². The third-order valence-electron chi connectivity index (χ3n) is 3.24. The van der Waals surface area contributed by atoms with Crippen molar-refractivity contribution in [2.24, 2.45) is 0 Å². The van der Waals surface area contributed by atoms with E-state index in [0.717, 1.165) is 16.5 Å². The molecule has 0 saturated heterocycles. The van der Waals surface area contributed by atoms with Gasteiger partial charge in [-0.1, -0.05) is 13.8 Å². The van der Waals surface area contributed by atoms with E-state index in [2.05, 4.69) is 10.3 Å². The molecule has 1 N–H and O–H groups in total. The molecule has 0 radical (unpaired) electrons. The molecule has 0 aliphatic heterocycles. The number of hydrogen-bond donors (Lipinski definition) is 1. The summed E-state index contributed by atoms with van der Waals surface area (Å²) in [6.45, 7) is 8.96. The molecule has 2 heterocycles. The van der Waals surface area contributed by atoms with Crippen LogP contribution >= 0.6 is 0 Å². The Morgan fingerprint density at radius 2 is 2.19 bits per heavy atom. The first-order valence-corrected chi connectivity index (χ1v) is 7.33. The number of ether oxygens (including phenoxy) is 1. The summed E-state index contributed by atoms with van der Waals surface area (Å²) in [6.07, 6.45) is 5.57. The summed E-state index contributed by atoms with van der Waals surface area (Å²) in [6, 6.07) is 1.68. The van der Waals surface area contributed by atoms with Gasteiger partial charge in [-0.25, -0.2) is 0 Å². The standard InChI is InChI=1S/C14H19N3O2.C2H6/c1-10-9-17(13-4-5-15-8-12(10)13)11(2)14(18)16-6-7-19-3;1-2/h4-5,8-9,11H,6-7H2,1-3H3,(H,16,18);1-2H3/t11-;/m1./s1. The predicted molar refractivity (Wildman–Crippen MR) is 85.4 cm³/mol. The molecule has 2 aromatic heterocycles. The lowest BCUT2D eigenvalue weighted by Gasteiger charge is -2.15. The SMILES string of the molecule is CC.COCCNC(=O)[C@@H](C)n1cc(C)c2cnccc21. The number of hydrogen-bond acceptors (Lipinski definition) is 3. The van der Waals surface area contributed by atoms with E-state index in [0.29, 0.717) is 13.2 Å².